The Morgan fingerprint density at radius 3 is 2.71 bits per heavy atom. The molecule has 2 aromatic rings. The van der Waals surface area contributed by atoms with Gasteiger partial charge >= 0.3 is 0 Å². The van der Waals surface area contributed by atoms with E-state index in [0.717, 1.165) is 15.2 Å². The van der Waals surface area contributed by atoms with Gasteiger partial charge in [-0.2, -0.15) is 5.26 Å². The highest BCUT2D eigenvalue weighted by Crippen LogP contribution is 2.21. The SMILES string of the molecule is CC.Cc1nc2cc(C#N)ccc2s1. The Kier molecular flexibility index (Phi) is 3.61. The van der Waals surface area contributed by atoms with Gasteiger partial charge in [-0.05, 0) is 25.1 Å². The molecule has 0 unspecified atom stereocenters. The molecule has 3 heteroatoms. The number of hydrogen-bond acceptors (Lipinski definition) is 3. The van der Waals surface area contributed by atoms with Gasteiger partial charge in [-0.25, -0.2) is 4.98 Å². The Bertz CT molecular complexity index is 466. The average Bonchev–Trinajstić information content (AvgIpc) is 2.59. The molecule has 1 aromatic carbocycles. The lowest BCUT2D eigenvalue weighted by molar-refractivity contribution is 1.34. The fourth-order valence-corrected chi connectivity index (χ4v) is 1.92. The molecule has 72 valence electrons. The molecule has 0 spiro atoms. The number of nitrogens with zero attached hydrogens (tertiary/aromatic N) is 2. The third-order valence-corrected chi connectivity index (χ3v) is 2.58. The minimum Gasteiger partial charge on any atom is -0.241 e. The van der Waals surface area contributed by atoms with Gasteiger partial charge in [-0.15, -0.1) is 11.3 Å². The van der Waals surface area contributed by atoms with Gasteiger partial charge in [-0.1, -0.05) is 13.8 Å². The van der Waals surface area contributed by atoms with Gasteiger partial charge in [-0.3, -0.25) is 0 Å². The van der Waals surface area contributed by atoms with Crippen LogP contribution in [0.1, 0.15) is 24.4 Å². The number of fused-ring (bicyclic) bond motifs is 1. The summed E-state index contributed by atoms with van der Waals surface area (Å²) in [7, 11) is 0. The van der Waals surface area contributed by atoms with Crippen LogP contribution < -0.4 is 0 Å². The smallest absolute Gasteiger partial charge is 0.0992 e. The fourth-order valence-electron chi connectivity index (χ4n) is 1.11. The van der Waals surface area contributed by atoms with Crippen LogP contribution >= 0.6 is 11.3 Å². The molecule has 0 aliphatic carbocycles. The van der Waals surface area contributed by atoms with Crippen molar-refractivity contribution in [3.63, 3.8) is 0 Å². The maximum atomic E-state index is 8.63. The predicted octanol–water partition coefficient (Wildman–Crippen LogP) is 3.50. The molecule has 0 atom stereocenters. The van der Waals surface area contributed by atoms with Gasteiger partial charge in [0, 0.05) is 0 Å². The summed E-state index contributed by atoms with van der Waals surface area (Å²) < 4.78 is 1.14. The van der Waals surface area contributed by atoms with Crippen LogP contribution in [0.25, 0.3) is 10.2 Å². The molecule has 0 amide bonds. The Labute approximate surface area is 87.8 Å². The lowest BCUT2D eigenvalue weighted by atomic mass is 10.2. The molecule has 14 heavy (non-hydrogen) atoms. The fraction of sp³-hybridized carbons (Fsp3) is 0.273. The Morgan fingerprint density at radius 1 is 1.36 bits per heavy atom. The van der Waals surface area contributed by atoms with Gasteiger partial charge < -0.3 is 0 Å². The van der Waals surface area contributed by atoms with Gasteiger partial charge in [0.05, 0.1) is 26.9 Å². The van der Waals surface area contributed by atoms with Crippen molar-refractivity contribution in [1.29, 1.82) is 5.26 Å². The average molecular weight is 204 g/mol. The van der Waals surface area contributed by atoms with Gasteiger partial charge in [0.25, 0.3) is 0 Å². The van der Waals surface area contributed by atoms with Crippen LogP contribution in [0, 0.1) is 18.3 Å². The molecule has 0 saturated heterocycles. The third kappa shape index (κ3) is 2.09. The number of thiazole rings is 1. The zero-order valence-corrected chi connectivity index (χ0v) is 9.35. The van der Waals surface area contributed by atoms with Crippen molar-refractivity contribution in [2.75, 3.05) is 0 Å². The van der Waals surface area contributed by atoms with E-state index < -0.39 is 0 Å². The molecular weight excluding hydrogens is 192 g/mol. The first-order valence-corrected chi connectivity index (χ1v) is 5.38. The lowest BCUT2D eigenvalue weighted by Gasteiger charge is -1.86. The van der Waals surface area contributed by atoms with Crippen LogP contribution in [0.2, 0.25) is 0 Å². The Morgan fingerprint density at radius 2 is 2.07 bits per heavy atom. The molecular formula is C11H12N2S. The van der Waals surface area contributed by atoms with Crippen molar-refractivity contribution >= 4 is 21.6 Å². The zero-order valence-electron chi connectivity index (χ0n) is 8.53. The number of aromatic nitrogens is 1. The van der Waals surface area contributed by atoms with E-state index in [1.807, 2.05) is 39.0 Å². The van der Waals surface area contributed by atoms with Crippen molar-refractivity contribution in [2.24, 2.45) is 0 Å². The molecule has 0 aliphatic rings. The zero-order chi connectivity index (χ0) is 10.6. The van der Waals surface area contributed by atoms with Crippen LogP contribution in [0.3, 0.4) is 0 Å². The summed E-state index contributed by atoms with van der Waals surface area (Å²) in [4.78, 5) is 4.29. The first-order chi connectivity index (χ1) is 6.79. The van der Waals surface area contributed by atoms with E-state index in [-0.39, 0.29) is 0 Å². The van der Waals surface area contributed by atoms with Crippen LogP contribution in [-0.4, -0.2) is 4.98 Å². The molecule has 1 heterocycles. The molecule has 0 saturated carbocycles. The van der Waals surface area contributed by atoms with E-state index in [1.165, 1.54) is 0 Å². The van der Waals surface area contributed by atoms with E-state index in [4.69, 9.17) is 5.26 Å². The topological polar surface area (TPSA) is 36.7 Å². The monoisotopic (exact) mass is 204 g/mol. The summed E-state index contributed by atoms with van der Waals surface area (Å²) in [5.74, 6) is 0. The summed E-state index contributed by atoms with van der Waals surface area (Å²) >= 11 is 1.65. The summed E-state index contributed by atoms with van der Waals surface area (Å²) in [5, 5.41) is 9.67. The van der Waals surface area contributed by atoms with Crippen molar-refractivity contribution in [1.82, 2.24) is 4.98 Å². The number of hydrogen-bond donors (Lipinski definition) is 0. The number of rotatable bonds is 0. The van der Waals surface area contributed by atoms with Crippen molar-refractivity contribution < 1.29 is 0 Å². The summed E-state index contributed by atoms with van der Waals surface area (Å²) in [6.45, 7) is 5.97. The molecule has 0 bridgehead atoms. The highest BCUT2D eigenvalue weighted by atomic mass is 32.1. The van der Waals surface area contributed by atoms with Crippen molar-refractivity contribution in [3.05, 3.63) is 28.8 Å². The largest absolute Gasteiger partial charge is 0.241 e. The van der Waals surface area contributed by atoms with E-state index >= 15 is 0 Å². The van der Waals surface area contributed by atoms with E-state index in [9.17, 15) is 0 Å². The van der Waals surface area contributed by atoms with Crippen LogP contribution in [0.5, 0.6) is 0 Å². The van der Waals surface area contributed by atoms with Crippen molar-refractivity contribution in [3.8, 4) is 6.07 Å². The summed E-state index contributed by atoms with van der Waals surface area (Å²) in [5.41, 5.74) is 1.60. The quantitative estimate of drug-likeness (QED) is 0.658. The van der Waals surface area contributed by atoms with Gasteiger partial charge in [0.15, 0.2) is 0 Å². The number of benzene rings is 1. The van der Waals surface area contributed by atoms with Crippen molar-refractivity contribution in [2.45, 2.75) is 20.8 Å². The minimum atomic E-state index is 0.674. The molecule has 0 aliphatic heterocycles. The molecule has 2 nitrogen and oxygen atoms in total. The second-order valence-electron chi connectivity index (χ2n) is 2.53. The summed E-state index contributed by atoms with van der Waals surface area (Å²) in [6, 6.07) is 7.67. The predicted molar refractivity (Wildman–Crippen MR) is 60.4 cm³/mol. The van der Waals surface area contributed by atoms with Gasteiger partial charge in [0.1, 0.15) is 0 Å². The molecule has 0 N–H and O–H groups in total. The first kappa shape index (κ1) is 10.7. The number of nitriles is 1. The van der Waals surface area contributed by atoms with E-state index in [0.29, 0.717) is 5.56 Å². The maximum absolute atomic E-state index is 8.63. The van der Waals surface area contributed by atoms with Crippen LogP contribution in [0.15, 0.2) is 18.2 Å². The maximum Gasteiger partial charge on any atom is 0.0992 e. The Balaban J connectivity index is 0.000000461. The van der Waals surface area contributed by atoms with Gasteiger partial charge in [0.2, 0.25) is 0 Å². The van der Waals surface area contributed by atoms with Crippen LogP contribution in [0.4, 0.5) is 0 Å². The highest BCUT2D eigenvalue weighted by Gasteiger charge is 2.00. The second kappa shape index (κ2) is 4.73. The first-order valence-electron chi connectivity index (χ1n) is 4.57. The third-order valence-electron chi connectivity index (χ3n) is 1.62. The minimum absolute atomic E-state index is 0.674. The standard InChI is InChI=1S/C9H6N2S.C2H6/c1-6-11-8-4-7(5-10)2-3-9(8)12-6;1-2/h2-4H,1H3;1-2H3. The second-order valence-corrected chi connectivity index (χ2v) is 3.76. The highest BCUT2D eigenvalue weighted by molar-refractivity contribution is 7.18. The van der Waals surface area contributed by atoms with E-state index in [2.05, 4.69) is 11.1 Å². The molecule has 2 rings (SSSR count). The molecule has 1 aromatic heterocycles. The van der Waals surface area contributed by atoms with E-state index in [1.54, 1.807) is 11.3 Å². The summed E-state index contributed by atoms with van der Waals surface area (Å²) in [6.07, 6.45) is 0. The molecule has 0 radical (unpaired) electrons. The normalized spacial score (nSPS) is 9.00. The molecule has 0 fully saturated rings. The Hall–Kier alpha value is -1.40. The lowest BCUT2D eigenvalue weighted by Crippen LogP contribution is -1.73. The number of aryl methyl sites for hydroxylation is 1. The van der Waals surface area contributed by atoms with Crippen LogP contribution in [-0.2, 0) is 0 Å².